The zero-order chi connectivity index (χ0) is 15.5. The third kappa shape index (κ3) is 2.52. The quantitative estimate of drug-likeness (QED) is 0.721. The van der Waals surface area contributed by atoms with Crippen molar-refractivity contribution in [3.05, 3.63) is 58.9 Å². The molecule has 2 heterocycles. The first kappa shape index (κ1) is 14.1. The molecular formula is C17H12N2O2S. The van der Waals surface area contributed by atoms with E-state index < -0.39 is 0 Å². The molecule has 0 aliphatic carbocycles. The van der Waals surface area contributed by atoms with E-state index in [1.165, 1.54) is 0 Å². The van der Waals surface area contributed by atoms with Crippen molar-refractivity contribution in [1.82, 2.24) is 4.98 Å². The third-order valence-corrected chi connectivity index (χ3v) is 3.64. The van der Waals surface area contributed by atoms with Gasteiger partial charge in [-0.05, 0) is 35.9 Å². The molecule has 0 bridgehead atoms. The van der Waals surface area contributed by atoms with Crippen molar-refractivity contribution < 1.29 is 9.15 Å². The molecule has 2 aromatic heterocycles. The molecule has 0 fully saturated rings. The molecule has 0 amide bonds. The van der Waals surface area contributed by atoms with Crippen molar-refractivity contribution in [3.63, 3.8) is 0 Å². The number of pyridine rings is 1. The summed E-state index contributed by atoms with van der Waals surface area (Å²) in [6, 6.07) is 15.2. The average Bonchev–Trinajstić information content (AvgIpc) is 3.08. The van der Waals surface area contributed by atoms with Crippen LogP contribution in [0.4, 0.5) is 0 Å². The summed E-state index contributed by atoms with van der Waals surface area (Å²) in [6.07, 6.45) is 1.59. The Bertz CT molecular complexity index is 888. The topological polar surface area (TPSA) is 61.9 Å². The number of methoxy groups -OCH3 is 1. The summed E-state index contributed by atoms with van der Waals surface area (Å²) in [5.41, 5.74) is 2.83. The first-order chi connectivity index (χ1) is 10.7. The van der Waals surface area contributed by atoms with Crippen LogP contribution in [0.2, 0.25) is 0 Å². The summed E-state index contributed by atoms with van der Waals surface area (Å²) in [5.74, 6) is 1.43. The largest absolute Gasteiger partial charge is 0.497 e. The van der Waals surface area contributed by atoms with E-state index in [9.17, 15) is 5.26 Å². The molecule has 0 spiro atoms. The van der Waals surface area contributed by atoms with Crippen molar-refractivity contribution in [3.8, 4) is 34.4 Å². The van der Waals surface area contributed by atoms with E-state index in [-0.39, 0.29) is 0 Å². The summed E-state index contributed by atoms with van der Waals surface area (Å²) in [6.45, 7) is 0. The molecule has 0 saturated heterocycles. The van der Waals surface area contributed by atoms with E-state index in [4.69, 9.17) is 21.4 Å². The summed E-state index contributed by atoms with van der Waals surface area (Å²) < 4.78 is 10.9. The Hall–Kier alpha value is -2.84. The maximum absolute atomic E-state index is 9.40. The molecule has 0 unspecified atom stereocenters. The van der Waals surface area contributed by atoms with Gasteiger partial charge in [-0.25, -0.2) is 0 Å². The number of hydrogen-bond donors (Lipinski definition) is 1. The minimum Gasteiger partial charge on any atom is -0.497 e. The van der Waals surface area contributed by atoms with Crippen LogP contribution in [0.1, 0.15) is 5.56 Å². The van der Waals surface area contributed by atoms with E-state index in [1.807, 2.05) is 36.4 Å². The SMILES string of the molecule is COc1ccc(-c2cc(-c3ccco3)[nH]c(=S)c2C#N)cc1. The van der Waals surface area contributed by atoms with Gasteiger partial charge in [0.15, 0.2) is 0 Å². The van der Waals surface area contributed by atoms with Crippen molar-refractivity contribution in [2.45, 2.75) is 0 Å². The molecule has 5 heteroatoms. The fourth-order valence-electron chi connectivity index (χ4n) is 2.23. The summed E-state index contributed by atoms with van der Waals surface area (Å²) in [5, 5.41) is 9.40. The van der Waals surface area contributed by atoms with Crippen molar-refractivity contribution in [2.24, 2.45) is 0 Å². The van der Waals surface area contributed by atoms with E-state index in [1.54, 1.807) is 19.4 Å². The molecule has 0 radical (unpaired) electrons. The highest BCUT2D eigenvalue weighted by atomic mass is 32.1. The first-order valence-corrected chi connectivity index (χ1v) is 6.99. The Balaban J connectivity index is 2.20. The predicted octanol–water partition coefficient (Wildman–Crippen LogP) is 4.55. The Morgan fingerprint density at radius 2 is 2.00 bits per heavy atom. The molecule has 1 N–H and O–H groups in total. The lowest BCUT2D eigenvalue weighted by Gasteiger charge is -2.08. The number of nitrogens with one attached hydrogen (secondary N) is 1. The van der Waals surface area contributed by atoms with Gasteiger partial charge >= 0.3 is 0 Å². The highest BCUT2D eigenvalue weighted by Gasteiger charge is 2.11. The molecule has 1 aromatic carbocycles. The molecular weight excluding hydrogens is 296 g/mol. The molecule has 108 valence electrons. The standard InChI is InChI=1S/C17H12N2O2S/c1-20-12-6-4-11(5-7-12)13-9-15(16-3-2-8-21-16)19-17(22)14(13)10-18/h2-9H,1H3,(H,19,22). The molecule has 0 saturated carbocycles. The number of hydrogen-bond acceptors (Lipinski definition) is 4. The van der Waals surface area contributed by atoms with Crippen LogP contribution in [-0.2, 0) is 0 Å². The fourth-order valence-corrected chi connectivity index (χ4v) is 2.50. The number of H-pyrrole nitrogens is 1. The Kier molecular flexibility index (Phi) is 3.77. The van der Waals surface area contributed by atoms with Crippen LogP contribution in [-0.4, -0.2) is 12.1 Å². The van der Waals surface area contributed by atoms with Crippen LogP contribution >= 0.6 is 12.2 Å². The number of benzene rings is 1. The van der Waals surface area contributed by atoms with Crippen LogP contribution in [0.15, 0.2) is 53.1 Å². The van der Waals surface area contributed by atoms with Gasteiger partial charge in [0.25, 0.3) is 0 Å². The minimum absolute atomic E-state index is 0.391. The lowest BCUT2D eigenvalue weighted by molar-refractivity contribution is 0.415. The van der Waals surface area contributed by atoms with Gasteiger partial charge in [-0.3, -0.25) is 0 Å². The summed E-state index contributed by atoms with van der Waals surface area (Å²) >= 11 is 5.30. The van der Waals surface area contributed by atoms with E-state index in [0.29, 0.717) is 16.0 Å². The predicted molar refractivity (Wildman–Crippen MR) is 86.0 cm³/mol. The van der Waals surface area contributed by atoms with Crippen molar-refractivity contribution in [1.29, 1.82) is 5.26 Å². The highest BCUT2D eigenvalue weighted by molar-refractivity contribution is 7.71. The van der Waals surface area contributed by atoms with Crippen molar-refractivity contribution >= 4 is 12.2 Å². The molecule has 22 heavy (non-hydrogen) atoms. The van der Waals surface area contributed by atoms with Gasteiger partial charge in [-0.15, -0.1) is 0 Å². The maximum Gasteiger partial charge on any atom is 0.150 e. The Labute approximate surface area is 132 Å². The first-order valence-electron chi connectivity index (χ1n) is 6.58. The second kappa shape index (κ2) is 5.88. The van der Waals surface area contributed by atoms with Gasteiger partial charge in [0.2, 0.25) is 0 Å². The zero-order valence-electron chi connectivity index (χ0n) is 11.8. The van der Waals surface area contributed by atoms with Gasteiger partial charge in [-0.1, -0.05) is 24.4 Å². The normalized spacial score (nSPS) is 10.2. The van der Waals surface area contributed by atoms with E-state index in [0.717, 1.165) is 22.6 Å². The van der Waals surface area contributed by atoms with E-state index >= 15 is 0 Å². The number of rotatable bonds is 3. The average molecular weight is 308 g/mol. The molecule has 0 aliphatic rings. The van der Waals surface area contributed by atoms with Gasteiger partial charge in [0, 0.05) is 5.56 Å². The smallest absolute Gasteiger partial charge is 0.150 e. The number of furan rings is 1. The summed E-state index contributed by atoms with van der Waals surface area (Å²) in [7, 11) is 1.61. The van der Waals surface area contributed by atoms with Crippen LogP contribution in [0, 0.1) is 16.0 Å². The number of aromatic nitrogens is 1. The number of aromatic amines is 1. The maximum atomic E-state index is 9.40. The Morgan fingerprint density at radius 3 is 2.59 bits per heavy atom. The second-order valence-corrected chi connectivity index (χ2v) is 5.03. The molecule has 0 aliphatic heterocycles. The summed E-state index contributed by atoms with van der Waals surface area (Å²) in [4.78, 5) is 3.04. The lowest BCUT2D eigenvalue weighted by atomic mass is 10.0. The van der Waals surface area contributed by atoms with Gasteiger partial charge in [-0.2, -0.15) is 5.26 Å². The number of nitrogens with zero attached hydrogens (tertiary/aromatic N) is 1. The number of nitriles is 1. The molecule has 0 atom stereocenters. The highest BCUT2D eigenvalue weighted by Crippen LogP contribution is 2.30. The Morgan fingerprint density at radius 1 is 1.23 bits per heavy atom. The van der Waals surface area contributed by atoms with Gasteiger partial charge < -0.3 is 14.1 Å². The monoisotopic (exact) mass is 308 g/mol. The molecule has 3 aromatic rings. The van der Waals surface area contributed by atoms with Crippen LogP contribution in [0.3, 0.4) is 0 Å². The second-order valence-electron chi connectivity index (χ2n) is 4.62. The van der Waals surface area contributed by atoms with E-state index in [2.05, 4.69) is 11.1 Å². The van der Waals surface area contributed by atoms with Gasteiger partial charge in [0.05, 0.1) is 24.6 Å². The lowest BCUT2D eigenvalue weighted by Crippen LogP contribution is -1.92. The zero-order valence-corrected chi connectivity index (χ0v) is 12.6. The minimum atomic E-state index is 0.391. The fraction of sp³-hybridized carbons (Fsp3) is 0.0588. The van der Waals surface area contributed by atoms with Crippen LogP contribution < -0.4 is 4.74 Å². The molecule has 3 rings (SSSR count). The van der Waals surface area contributed by atoms with Crippen LogP contribution in [0.25, 0.3) is 22.6 Å². The van der Waals surface area contributed by atoms with Gasteiger partial charge in [0.1, 0.15) is 22.2 Å². The third-order valence-electron chi connectivity index (χ3n) is 3.33. The van der Waals surface area contributed by atoms with Crippen molar-refractivity contribution in [2.75, 3.05) is 7.11 Å². The van der Waals surface area contributed by atoms with Crippen LogP contribution in [0.5, 0.6) is 5.75 Å². The molecule has 4 nitrogen and oxygen atoms in total. The number of ether oxygens (including phenoxy) is 1.